The molecule has 4 rings (SSSR count). The third-order valence-corrected chi connectivity index (χ3v) is 4.21. The number of fused-ring (bicyclic) bond motifs is 2. The van der Waals surface area contributed by atoms with Crippen molar-refractivity contribution in [2.24, 2.45) is 0 Å². The number of rotatable bonds is 3. The zero-order valence-electron chi connectivity index (χ0n) is 15.0. The Morgan fingerprint density at radius 2 is 1.79 bits per heavy atom. The zero-order chi connectivity index (χ0) is 19.8. The summed E-state index contributed by atoms with van der Waals surface area (Å²) >= 11 is 0. The number of ether oxygens (including phenoxy) is 2. The summed E-state index contributed by atoms with van der Waals surface area (Å²) in [7, 11) is 1.49. The van der Waals surface area contributed by atoms with Crippen LogP contribution in [0.25, 0.3) is 33.1 Å². The molecule has 7 nitrogen and oxygen atoms in total. The first kappa shape index (κ1) is 17.5. The maximum atomic E-state index is 12.6. The Bertz CT molecular complexity index is 1340. The van der Waals surface area contributed by atoms with Gasteiger partial charge in [-0.3, -0.25) is 4.79 Å². The van der Waals surface area contributed by atoms with Crippen molar-refractivity contribution in [3.8, 4) is 22.6 Å². The van der Waals surface area contributed by atoms with Crippen molar-refractivity contribution >= 4 is 27.9 Å². The smallest absolute Gasteiger partial charge is 0.344 e. The summed E-state index contributed by atoms with van der Waals surface area (Å²) in [5.41, 5.74) is -0.187. The minimum absolute atomic E-state index is 0.186. The number of hydrogen-bond donors (Lipinski definition) is 0. The van der Waals surface area contributed by atoms with Gasteiger partial charge < -0.3 is 18.3 Å². The lowest BCUT2D eigenvalue weighted by molar-refractivity contribution is -0.131. The summed E-state index contributed by atoms with van der Waals surface area (Å²) in [6, 6.07) is 12.7. The highest BCUT2D eigenvalue weighted by Crippen LogP contribution is 2.31. The van der Waals surface area contributed by atoms with E-state index < -0.39 is 17.2 Å². The van der Waals surface area contributed by atoms with Crippen LogP contribution in [0.1, 0.15) is 6.92 Å². The molecule has 0 unspecified atom stereocenters. The number of methoxy groups -OCH3 is 1. The molecular weight excluding hydrogens is 364 g/mol. The lowest BCUT2D eigenvalue weighted by Crippen LogP contribution is -2.07. The number of hydrogen-bond acceptors (Lipinski definition) is 7. The van der Waals surface area contributed by atoms with Crippen LogP contribution in [0.4, 0.5) is 0 Å². The first-order chi connectivity index (χ1) is 13.5. The van der Waals surface area contributed by atoms with E-state index in [1.165, 1.54) is 26.2 Å². The normalized spacial score (nSPS) is 10.9. The van der Waals surface area contributed by atoms with E-state index in [9.17, 15) is 14.4 Å². The van der Waals surface area contributed by atoms with Crippen molar-refractivity contribution in [2.45, 2.75) is 6.92 Å². The maximum absolute atomic E-state index is 12.6. The van der Waals surface area contributed by atoms with Crippen molar-refractivity contribution in [3.63, 3.8) is 0 Å². The van der Waals surface area contributed by atoms with E-state index in [0.717, 1.165) is 0 Å². The predicted octanol–water partition coefficient (Wildman–Crippen LogP) is 3.50. The summed E-state index contributed by atoms with van der Waals surface area (Å²) in [6.45, 7) is 1.27. The van der Waals surface area contributed by atoms with Crippen LogP contribution >= 0.6 is 0 Å². The van der Waals surface area contributed by atoms with Crippen LogP contribution in [-0.2, 0) is 4.79 Å². The van der Waals surface area contributed by atoms with Gasteiger partial charge in [-0.05, 0) is 24.3 Å². The molecule has 0 radical (unpaired) electrons. The van der Waals surface area contributed by atoms with Crippen molar-refractivity contribution in [3.05, 3.63) is 69.4 Å². The second-order valence-electron chi connectivity index (χ2n) is 6.06. The van der Waals surface area contributed by atoms with E-state index >= 15 is 0 Å². The van der Waals surface area contributed by atoms with Crippen molar-refractivity contribution in [1.82, 2.24) is 0 Å². The third-order valence-electron chi connectivity index (χ3n) is 4.21. The minimum atomic E-state index is -0.646. The largest absolute Gasteiger partial charge is 0.493 e. The fourth-order valence-corrected chi connectivity index (χ4v) is 3.06. The van der Waals surface area contributed by atoms with E-state index in [4.69, 9.17) is 18.3 Å². The van der Waals surface area contributed by atoms with Crippen LogP contribution in [0, 0.1) is 0 Å². The van der Waals surface area contributed by atoms with Gasteiger partial charge in [0.15, 0.2) is 11.3 Å². The first-order valence-corrected chi connectivity index (χ1v) is 8.34. The van der Waals surface area contributed by atoms with Gasteiger partial charge in [-0.2, -0.15) is 0 Å². The molecule has 0 aliphatic rings. The Morgan fingerprint density at radius 1 is 0.964 bits per heavy atom. The predicted molar refractivity (Wildman–Crippen MR) is 102 cm³/mol. The van der Waals surface area contributed by atoms with Crippen molar-refractivity contribution < 1.29 is 23.1 Å². The van der Waals surface area contributed by atoms with Crippen LogP contribution in [0.3, 0.4) is 0 Å². The van der Waals surface area contributed by atoms with Gasteiger partial charge in [0.25, 0.3) is 0 Å². The Hall–Kier alpha value is -3.87. The molecule has 28 heavy (non-hydrogen) atoms. The average Bonchev–Trinajstić information content (AvgIpc) is 2.65. The fraction of sp³-hybridized carbons (Fsp3) is 0.0952. The molecule has 0 bridgehead atoms. The van der Waals surface area contributed by atoms with Gasteiger partial charge in [-0.1, -0.05) is 12.1 Å². The van der Waals surface area contributed by atoms with Gasteiger partial charge in [-0.25, -0.2) is 9.59 Å². The minimum Gasteiger partial charge on any atom is -0.493 e. The van der Waals surface area contributed by atoms with Crippen LogP contribution in [0.2, 0.25) is 0 Å². The number of para-hydroxylation sites is 1. The first-order valence-electron chi connectivity index (χ1n) is 8.34. The molecule has 0 fully saturated rings. The van der Waals surface area contributed by atoms with E-state index in [1.54, 1.807) is 36.4 Å². The van der Waals surface area contributed by atoms with Gasteiger partial charge in [0.05, 0.1) is 12.7 Å². The second-order valence-corrected chi connectivity index (χ2v) is 6.06. The Labute approximate surface area is 157 Å². The number of carbonyl (C=O) groups is 1. The molecule has 140 valence electrons. The number of benzene rings is 2. The quantitative estimate of drug-likeness (QED) is 0.306. The zero-order valence-corrected chi connectivity index (χ0v) is 15.0. The van der Waals surface area contributed by atoms with Crippen LogP contribution in [0.5, 0.6) is 11.5 Å². The molecule has 0 aliphatic heterocycles. The molecule has 2 heterocycles. The Kier molecular flexibility index (Phi) is 4.19. The fourth-order valence-electron chi connectivity index (χ4n) is 3.06. The van der Waals surface area contributed by atoms with E-state index in [1.807, 2.05) is 0 Å². The summed E-state index contributed by atoms with van der Waals surface area (Å²) < 4.78 is 20.9. The number of carbonyl (C=O) groups excluding carboxylic acids is 1. The molecule has 0 saturated heterocycles. The highest BCUT2D eigenvalue weighted by Gasteiger charge is 2.16. The molecule has 0 atom stereocenters. The SMILES string of the molecule is COc1cccc2cc(-c3cc(=O)oc4cc(OC(C)=O)ccc34)c(=O)oc12. The molecule has 0 saturated carbocycles. The Morgan fingerprint density at radius 3 is 2.54 bits per heavy atom. The van der Waals surface area contributed by atoms with Gasteiger partial charge in [0.1, 0.15) is 11.3 Å². The lowest BCUT2D eigenvalue weighted by Gasteiger charge is -2.08. The molecule has 7 heteroatoms. The summed E-state index contributed by atoms with van der Waals surface area (Å²) in [5.74, 6) is 0.169. The van der Waals surface area contributed by atoms with Crippen molar-refractivity contribution in [2.75, 3.05) is 7.11 Å². The molecule has 0 aliphatic carbocycles. The monoisotopic (exact) mass is 378 g/mol. The molecule has 0 amide bonds. The molecule has 2 aromatic heterocycles. The molecular formula is C21H14O7. The standard InChI is InChI=1S/C21H14O7/c1-11(22)26-13-6-7-14-15(10-19(23)27-18(14)9-13)16-8-12-4-3-5-17(25-2)20(12)28-21(16)24/h3-10H,1-2H3. The van der Waals surface area contributed by atoms with Gasteiger partial charge in [0.2, 0.25) is 0 Å². The summed E-state index contributed by atoms with van der Waals surface area (Å²) in [6.07, 6.45) is 0. The lowest BCUT2D eigenvalue weighted by atomic mass is 10.0. The number of esters is 1. The van der Waals surface area contributed by atoms with Gasteiger partial charge in [0, 0.05) is 35.4 Å². The van der Waals surface area contributed by atoms with Crippen LogP contribution in [0.15, 0.2) is 67.0 Å². The average molecular weight is 378 g/mol. The van der Waals surface area contributed by atoms with Crippen molar-refractivity contribution in [1.29, 1.82) is 0 Å². The highest BCUT2D eigenvalue weighted by atomic mass is 16.5. The van der Waals surface area contributed by atoms with Gasteiger partial charge in [-0.15, -0.1) is 0 Å². The van der Waals surface area contributed by atoms with E-state index in [0.29, 0.717) is 27.7 Å². The Balaban J connectivity index is 1.98. The van der Waals surface area contributed by atoms with Gasteiger partial charge >= 0.3 is 17.2 Å². The maximum Gasteiger partial charge on any atom is 0.344 e. The molecule has 0 spiro atoms. The summed E-state index contributed by atoms with van der Waals surface area (Å²) in [4.78, 5) is 35.9. The molecule has 4 aromatic rings. The summed E-state index contributed by atoms with van der Waals surface area (Å²) in [5, 5.41) is 1.15. The third kappa shape index (κ3) is 3.03. The molecule has 2 aromatic carbocycles. The van der Waals surface area contributed by atoms with E-state index in [2.05, 4.69) is 0 Å². The topological polar surface area (TPSA) is 96.0 Å². The molecule has 0 N–H and O–H groups in total. The second kappa shape index (κ2) is 6.70. The highest BCUT2D eigenvalue weighted by molar-refractivity contribution is 5.96. The van der Waals surface area contributed by atoms with Crippen LogP contribution < -0.4 is 20.7 Å². The van der Waals surface area contributed by atoms with E-state index in [-0.39, 0.29) is 16.9 Å². The van der Waals surface area contributed by atoms with Crippen LogP contribution in [-0.4, -0.2) is 13.1 Å².